The maximum Gasteiger partial charge on any atom is 0.213 e. The van der Waals surface area contributed by atoms with Crippen molar-refractivity contribution in [2.75, 3.05) is 19.5 Å². The molecule has 2 aliphatic rings. The molecule has 0 aromatic carbocycles. The molecule has 0 saturated heterocycles. The summed E-state index contributed by atoms with van der Waals surface area (Å²) < 4.78 is 13.0. The molecule has 168 valence electrons. The largest absolute Gasteiger partial charge is 0.481 e. The number of rotatable bonds is 8. The number of nitrogen functional groups attached to an aromatic ring is 1. The van der Waals surface area contributed by atoms with Crippen molar-refractivity contribution in [1.82, 2.24) is 19.6 Å². The van der Waals surface area contributed by atoms with E-state index in [2.05, 4.69) is 15.1 Å². The average molecular weight is 436 g/mol. The molecule has 3 aromatic heterocycles. The summed E-state index contributed by atoms with van der Waals surface area (Å²) in [5.74, 6) is 2.03. The Hall–Kier alpha value is -3.00. The van der Waals surface area contributed by atoms with Gasteiger partial charge in [0.2, 0.25) is 5.88 Å². The number of methoxy groups -OCH3 is 1. The molecule has 0 amide bonds. The van der Waals surface area contributed by atoms with E-state index < -0.39 is 0 Å². The fourth-order valence-electron chi connectivity index (χ4n) is 4.60. The monoisotopic (exact) mass is 435 g/mol. The van der Waals surface area contributed by atoms with Gasteiger partial charge in [-0.25, -0.2) is 14.5 Å². The van der Waals surface area contributed by atoms with E-state index in [4.69, 9.17) is 15.2 Å². The highest BCUT2D eigenvalue weighted by Crippen LogP contribution is 2.35. The van der Waals surface area contributed by atoms with Gasteiger partial charge in [0.1, 0.15) is 11.8 Å². The SMILES string of the molecule is COc1cc(-c2cc(C(=O)CC3CCC(OCC4CC4)CC3)c3c(N)ncnn23)ccn1. The van der Waals surface area contributed by atoms with Gasteiger partial charge in [0.15, 0.2) is 11.6 Å². The van der Waals surface area contributed by atoms with Crippen LogP contribution < -0.4 is 10.5 Å². The van der Waals surface area contributed by atoms with Gasteiger partial charge < -0.3 is 15.2 Å². The Kier molecular flexibility index (Phi) is 5.78. The van der Waals surface area contributed by atoms with Crippen molar-refractivity contribution >= 4 is 17.1 Å². The van der Waals surface area contributed by atoms with Gasteiger partial charge in [-0.05, 0) is 62.5 Å². The van der Waals surface area contributed by atoms with E-state index >= 15 is 0 Å². The number of nitrogens with two attached hydrogens (primary N) is 1. The highest BCUT2D eigenvalue weighted by Gasteiger charge is 2.28. The van der Waals surface area contributed by atoms with Crippen molar-refractivity contribution in [1.29, 1.82) is 0 Å². The van der Waals surface area contributed by atoms with E-state index in [-0.39, 0.29) is 5.78 Å². The fraction of sp³-hybridized carbons (Fsp3) is 0.500. The number of ketones is 1. The lowest BCUT2D eigenvalue weighted by molar-refractivity contribution is 0.0117. The number of pyridine rings is 1. The highest BCUT2D eigenvalue weighted by atomic mass is 16.5. The van der Waals surface area contributed by atoms with Gasteiger partial charge in [-0.3, -0.25) is 4.79 Å². The number of Topliss-reactive ketones (excluding diaryl/α,β-unsaturated/α-hetero) is 1. The molecule has 2 saturated carbocycles. The second-order valence-corrected chi connectivity index (χ2v) is 8.98. The first kappa shape index (κ1) is 20.9. The molecular weight excluding hydrogens is 406 g/mol. The zero-order valence-electron chi connectivity index (χ0n) is 18.4. The molecule has 0 spiro atoms. The smallest absolute Gasteiger partial charge is 0.213 e. The van der Waals surface area contributed by atoms with Crippen molar-refractivity contribution in [2.24, 2.45) is 11.8 Å². The van der Waals surface area contributed by atoms with E-state index in [0.717, 1.165) is 49.5 Å². The van der Waals surface area contributed by atoms with Crippen molar-refractivity contribution in [2.45, 2.75) is 51.0 Å². The first-order valence-corrected chi connectivity index (χ1v) is 11.4. The van der Waals surface area contributed by atoms with E-state index in [0.29, 0.717) is 41.2 Å². The zero-order valence-corrected chi connectivity index (χ0v) is 18.4. The van der Waals surface area contributed by atoms with E-state index in [1.54, 1.807) is 17.8 Å². The van der Waals surface area contributed by atoms with Crippen LogP contribution in [0.4, 0.5) is 5.82 Å². The minimum atomic E-state index is 0.0821. The Morgan fingerprint density at radius 2 is 1.91 bits per heavy atom. The number of anilines is 1. The number of hydrogen-bond acceptors (Lipinski definition) is 7. The third kappa shape index (κ3) is 4.32. The van der Waals surface area contributed by atoms with Crippen molar-refractivity contribution in [3.05, 3.63) is 36.3 Å². The van der Waals surface area contributed by atoms with E-state index in [9.17, 15) is 4.79 Å². The van der Waals surface area contributed by atoms with Gasteiger partial charge in [0.25, 0.3) is 0 Å². The summed E-state index contributed by atoms with van der Waals surface area (Å²) >= 11 is 0. The zero-order chi connectivity index (χ0) is 22.1. The van der Waals surface area contributed by atoms with Crippen LogP contribution in [0.25, 0.3) is 16.8 Å². The van der Waals surface area contributed by atoms with E-state index in [1.165, 1.54) is 19.2 Å². The molecule has 2 fully saturated rings. The lowest BCUT2D eigenvalue weighted by Crippen LogP contribution is -2.24. The minimum absolute atomic E-state index is 0.0821. The molecule has 8 nitrogen and oxygen atoms in total. The summed E-state index contributed by atoms with van der Waals surface area (Å²) in [6.07, 6.45) is 10.7. The minimum Gasteiger partial charge on any atom is -0.481 e. The molecule has 5 rings (SSSR count). The molecule has 0 bridgehead atoms. The Morgan fingerprint density at radius 3 is 2.66 bits per heavy atom. The van der Waals surface area contributed by atoms with Gasteiger partial charge in [0.05, 0.1) is 18.9 Å². The number of hydrogen-bond donors (Lipinski definition) is 1. The lowest BCUT2D eigenvalue weighted by atomic mass is 9.83. The van der Waals surface area contributed by atoms with Crippen LogP contribution in [0.5, 0.6) is 5.88 Å². The fourth-order valence-corrected chi connectivity index (χ4v) is 4.60. The number of carbonyl (C=O) groups is 1. The molecule has 0 unspecified atom stereocenters. The van der Waals surface area contributed by atoms with Gasteiger partial charge in [-0.2, -0.15) is 5.10 Å². The maximum absolute atomic E-state index is 13.4. The van der Waals surface area contributed by atoms with Crippen molar-refractivity contribution in [3.63, 3.8) is 0 Å². The number of carbonyl (C=O) groups excluding carboxylic acids is 1. The first-order chi connectivity index (χ1) is 15.6. The van der Waals surface area contributed by atoms with Crippen LogP contribution in [0.3, 0.4) is 0 Å². The van der Waals surface area contributed by atoms with Crippen molar-refractivity contribution in [3.8, 4) is 17.1 Å². The number of aromatic nitrogens is 4. The second kappa shape index (κ2) is 8.86. The summed E-state index contributed by atoms with van der Waals surface area (Å²) in [6, 6.07) is 5.54. The summed E-state index contributed by atoms with van der Waals surface area (Å²) in [4.78, 5) is 21.7. The molecule has 32 heavy (non-hydrogen) atoms. The molecule has 2 N–H and O–H groups in total. The predicted molar refractivity (Wildman–Crippen MR) is 121 cm³/mol. The van der Waals surface area contributed by atoms with Gasteiger partial charge in [-0.1, -0.05) is 0 Å². The van der Waals surface area contributed by atoms with E-state index in [1.807, 2.05) is 18.2 Å². The standard InChI is InChI=1S/C24H29N5O3/c1-31-22-11-17(8-9-26-22)20-12-19(23-24(25)27-14-28-29(20)23)21(30)10-15-4-6-18(7-5-15)32-13-16-2-3-16/h8-9,11-12,14-16,18H,2-7,10,13H2,1H3,(H2,25,27,28). The van der Waals surface area contributed by atoms with Crippen LogP contribution in [0.1, 0.15) is 55.3 Å². The quantitative estimate of drug-likeness (QED) is 0.534. The van der Waals surface area contributed by atoms with Crippen LogP contribution in [-0.4, -0.2) is 45.2 Å². The molecular formula is C24H29N5O3. The van der Waals surface area contributed by atoms with Crippen LogP contribution in [0.2, 0.25) is 0 Å². The molecule has 8 heteroatoms. The Balaban J connectivity index is 1.35. The Labute approximate surface area is 187 Å². The third-order valence-electron chi connectivity index (χ3n) is 6.66. The van der Waals surface area contributed by atoms with Gasteiger partial charge >= 0.3 is 0 Å². The molecule has 0 aliphatic heterocycles. The molecule has 0 atom stereocenters. The summed E-state index contributed by atoms with van der Waals surface area (Å²) in [6.45, 7) is 0.910. The van der Waals surface area contributed by atoms with Crippen LogP contribution >= 0.6 is 0 Å². The number of nitrogens with zero attached hydrogens (tertiary/aromatic N) is 4. The molecule has 3 heterocycles. The van der Waals surface area contributed by atoms with Crippen LogP contribution in [-0.2, 0) is 4.74 Å². The summed E-state index contributed by atoms with van der Waals surface area (Å²) in [5, 5.41) is 4.37. The number of ether oxygens (including phenoxy) is 2. The van der Waals surface area contributed by atoms with Crippen molar-refractivity contribution < 1.29 is 14.3 Å². The highest BCUT2D eigenvalue weighted by molar-refractivity contribution is 6.06. The number of fused-ring (bicyclic) bond motifs is 1. The first-order valence-electron chi connectivity index (χ1n) is 11.4. The molecule has 0 radical (unpaired) electrons. The lowest BCUT2D eigenvalue weighted by Gasteiger charge is -2.28. The maximum atomic E-state index is 13.4. The van der Waals surface area contributed by atoms with Crippen LogP contribution in [0, 0.1) is 11.8 Å². The van der Waals surface area contributed by atoms with Gasteiger partial charge in [-0.15, -0.1) is 0 Å². The second-order valence-electron chi connectivity index (χ2n) is 8.98. The summed E-state index contributed by atoms with van der Waals surface area (Å²) in [5.41, 5.74) is 8.91. The van der Waals surface area contributed by atoms with Crippen LogP contribution in [0.15, 0.2) is 30.7 Å². The summed E-state index contributed by atoms with van der Waals surface area (Å²) in [7, 11) is 1.57. The predicted octanol–water partition coefficient (Wildman–Crippen LogP) is 3.94. The van der Waals surface area contributed by atoms with Gasteiger partial charge in [0, 0.05) is 36.4 Å². The Bertz CT molecular complexity index is 1120. The normalized spacial score (nSPS) is 21.0. The molecule has 2 aliphatic carbocycles. The molecule has 3 aromatic rings. The Morgan fingerprint density at radius 1 is 1.12 bits per heavy atom. The average Bonchev–Trinajstić information content (AvgIpc) is 3.56. The topological polar surface area (TPSA) is 105 Å². The third-order valence-corrected chi connectivity index (χ3v) is 6.66.